The predicted molar refractivity (Wildman–Crippen MR) is 154 cm³/mol. The molecule has 198 valence electrons. The van der Waals surface area contributed by atoms with Crippen molar-refractivity contribution in [2.75, 3.05) is 21.3 Å². The van der Waals surface area contributed by atoms with E-state index in [-0.39, 0.29) is 12.1 Å². The minimum Gasteiger partial charge on any atom is -0.497 e. The van der Waals surface area contributed by atoms with Crippen molar-refractivity contribution in [3.05, 3.63) is 99.5 Å². The molecule has 0 unspecified atom stereocenters. The van der Waals surface area contributed by atoms with Crippen LogP contribution in [-0.4, -0.2) is 27.2 Å². The van der Waals surface area contributed by atoms with Crippen LogP contribution in [0.15, 0.2) is 82.8 Å². The molecule has 0 bridgehead atoms. The van der Waals surface area contributed by atoms with Crippen LogP contribution < -0.4 is 24.3 Å². The first kappa shape index (κ1) is 27.6. The Hall–Kier alpha value is -4.48. The Morgan fingerprint density at radius 1 is 0.897 bits per heavy atom. The van der Waals surface area contributed by atoms with Gasteiger partial charge in [-0.3, -0.25) is 4.79 Å². The second kappa shape index (κ2) is 12.9. The summed E-state index contributed by atoms with van der Waals surface area (Å²) in [7, 11) is 4.65. The van der Waals surface area contributed by atoms with Gasteiger partial charge in [0.25, 0.3) is 5.91 Å². The lowest BCUT2D eigenvalue weighted by atomic mass is 10.1. The van der Waals surface area contributed by atoms with Gasteiger partial charge in [0, 0.05) is 22.6 Å². The molecule has 0 atom stereocenters. The third kappa shape index (κ3) is 6.70. The highest BCUT2D eigenvalue weighted by Crippen LogP contribution is 2.35. The Bertz CT molecular complexity index is 1580. The molecule has 0 aliphatic rings. The highest BCUT2D eigenvalue weighted by Gasteiger charge is 2.15. The average molecular weight is 587 g/mol. The third-order valence-electron chi connectivity index (χ3n) is 6.09. The number of nitrogens with one attached hydrogen (secondary N) is 1. The zero-order valence-electron chi connectivity index (χ0n) is 21.8. The van der Waals surface area contributed by atoms with Crippen LogP contribution in [0, 0.1) is 11.3 Å². The van der Waals surface area contributed by atoms with Gasteiger partial charge in [0.1, 0.15) is 29.7 Å². The Kier molecular flexibility index (Phi) is 9.08. The van der Waals surface area contributed by atoms with Gasteiger partial charge in [0.2, 0.25) is 0 Å². The summed E-state index contributed by atoms with van der Waals surface area (Å²) in [6.07, 6.45) is 1.50. The summed E-state index contributed by atoms with van der Waals surface area (Å²) in [5.41, 5.74) is 2.31. The molecular weight excluding hydrogens is 560 g/mol. The van der Waals surface area contributed by atoms with Gasteiger partial charge in [-0.2, -0.15) is 5.26 Å². The van der Waals surface area contributed by atoms with Crippen LogP contribution in [-0.2, 0) is 17.9 Å². The second-order valence-corrected chi connectivity index (χ2v) is 9.38. The monoisotopic (exact) mass is 586 g/mol. The van der Waals surface area contributed by atoms with Gasteiger partial charge in [-0.25, -0.2) is 0 Å². The van der Waals surface area contributed by atoms with Crippen molar-refractivity contribution in [1.29, 1.82) is 5.26 Å². The first-order valence-corrected chi connectivity index (χ1v) is 12.8. The number of hydrogen-bond acceptors (Lipinski definition) is 6. The summed E-state index contributed by atoms with van der Waals surface area (Å²) in [5, 5.41) is 14.8. The molecule has 39 heavy (non-hydrogen) atoms. The Morgan fingerprint density at radius 3 is 2.38 bits per heavy atom. The fourth-order valence-corrected chi connectivity index (χ4v) is 4.43. The fourth-order valence-electron chi connectivity index (χ4n) is 4.00. The Balaban J connectivity index is 1.49. The quantitative estimate of drug-likeness (QED) is 0.170. The van der Waals surface area contributed by atoms with E-state index < -0.39 is 5.91 Å². The molecule has 4 aromatic carbocycles. The molecule has 1 amide bonds. The van der Waals surface area contributed by atoms with E-state index in [0.717, 1.165) is 21.9 Å². The van der Waals surface area contributed by atoms with Crippen molar-refractivity contribution in [1.82, 2.24) is 5.32 Å². The van der Waals surface area contributed by atoms with Crippen LogP contribution in [0.4, 0.5) is 0 Å². The number of carbonyl (C=O) groups excluding carboxylic acids is 1. The average Bonchev–Trinajstić information content (AvgIpc) is 2.97. The first-order chi connectivity index (χ1) is 18.9. The SMILES string of the molecule is COc1ccc(CNC(=O)/C(C#N)=C/c2cc(OC)c(OCc3ccc4ccccc4c3)cc2Br)c(OC)c1. The molecule has 0 fully saturated rings. The van der Waals surface area contributed by atoms with Crippen LogP contribution in [0.2, 0.25) is 0 Å². The zero-order valence-corrected chi connectivity index (χ0v) is 23.4. The van der Waals surface area contributed by atoms with Gasteiger partial charge < -0.3 is 24.3 Å². The van der Waals surface area contributed by atoms with Crippen LogP contribution in [0.5, 0.6) is 23.0 Å². The van der Waals surface area contributed by atoms with Gasteiger partial charge in [-0.1, -0.05) is 52.3 Å². The molecule has 0 aromatic heterocycles. The number of carbonyl (C=O) groups is 1. The maximum Gasteiger partial charge on any atom is 0.262 e. The topological polar surface area (TPSA) is 89.8 Å². The highest BCUT2D eigenvalue weighted by atomic mass is 79.9. The minimum atomic E-state index is -0.516. The normalized spacial score (nSPS) is 11.0. The van der Waals surface area contributed by atoms with E-state index in [4.69, 9.17) is 18.9 Å². The van der Waals surface area contributed by atoms with E-state index in [1.54, 1.807) is 51.7 Å². The molecule has 7 nitrogen and oxygen atoms in total. The van der Waals surface area contributed by atoms with E-state index in [2.05, 4.69) is 45.5 Å². The summed E-state index contributed by atoms with van der Waals surface area (Å²) in [6, 6.07) is 25.1. The highest BCUT2D eigenvalue weighted by molar-refractivity contribution is 9.10. The van der Waals surface area contributed by atoms with Crippen molar-refractivity contribution < 1.29 is 23.7 Å². The summed E-state index contributed by atoms with van der Waals surface area (Å²) >= 11 is 3.53. The largest absolute Gasteiger partial charge is 0.497 e. The van der Waals surface area contributed by atoms with E-state index >= 15 is 0 Å². The lowest BCUT2D eigenvalue weighted by Crippen LogP contribution is -2.24. The van der Waals surface area contributed by atoms with Crippen LogP contribution in [0.25, 0.3) is 16.8 Å². The van der Waals surface area contributed by atoms with Gasteiger partial charge in [0.15, 0.2) is 11.5 Å². The van der Waals surface area contributed by atoms with Crippen molar-refractivity contribution >= 4 is 38.7 Å². The Labute approximate surface area is 235 Å². The second-order valence-electron chi connectivity index (χ2n) is 8.53. The molecule has 0 heterocycles. The molecule has 4 rings (SSSR count). The molecule has 0 saturated carbocycles. The number of halogens is 1. The summed E-state index contributed by atoms with van der Waals surface area (Å²) < 4.78 is 22.8. The molecule has 0 aliphatic heterocycles. The molecular formula is C31H27BrN2O5. The number of rotatable bonds is 10. The summed E-state index contributed by atoms with van der Waals surface area (Å²) in [4.78, 5) is 12.8. The lowest BCUT2D eigenvalue weighted by Gasteiger charge is -2.14. The number of nitriles is 1. The van der Waals surface area contributed by atoms with Crippen molar-refractivity contribution in [2.24, 2.45) is 0 Å². The molecule has 0 aliphatic carbocycles. The smallest absolute Gasteiger partial charge is 0.262 e. The van der Waals surface area contributed by atoms with Gasteiger partial charge in [0.05, 0.1) is 21.3 Å². The maximum absolute atomic E-state index is 12.8. The van der Waals surface area contributed by atoms with Crippen molar-refractivity contribution in [2.45, 2.75) is 13.2 Å². The maximum atomic E-state index is 12.8. The molecule has 1 N–H and O–H groups in total. The molecule has 0 saturated heterocycles. The predicted octanol–water partition coefficient (Wildman–Crippen LogP) is 6.43. The standard InChI is InChI=1S/C31H27BrN2O5/c1-36-26-11-10-23(28(15-26)37-2)18-34-31(35)25(17-33)13-24-14-29(38-3)30(16-27(24)32)39-19-20-8-9-21-6-4-5-7-22(21)12-20/h4-16H,18-19H2,1-3H3,(H,34,35)/b25-13+. The molecule has 0 spiro atoms. The van der Waals surface area contributed by atoms with Crippen molar-refractivity contribution in [3.8, 4) is 29.1 Å². The number of hydrogen-bond donors (Lipinski definition) is 1. The van der Waals surface area contributed by atoms with Crippen LogP contribution >= 0.6 is 15.9 Å². The van der Waals surface area contributed by atoms with Gasteiger partial charge in [-0.15, -0.1) is 0 Å². The lowest BCUT2D eigenvalue weighted by molar-refractivity contribution is -0.117. The van der Waals surface area contributed by atoms with Crippen LogP contribution in [0.1, 0.15) is 16.7 Å². The number of fused-ring (bicyclic) bond motifs is 1. The van der Waals surface area contributed by atoms with Gasteiger partial charge in [-0.05, 0) is 58.3 Å². The van der Waals surface area contributed by atoms with Gasteiger partial charge >= 0.3 is 0 Å². The number of nitrogens with zero attached hydrogens (tertiary/aromatic N) is 1. The van der Waals surface area contributed by atoms with E-state index in [1.165, 1.54) is 6.08 Å². The number of amides is 1. The third-order valence-corrected chi connectivity index (χ3v) is 6.78. The van der Waals surface area contributed by atoms with E-state index in [0.29, 0.717) is 39.6 Å². The minimum absolute atomic E-state index is 0.0601. The summed E-state index contributed by atoms with van der Waals surface area (Å²) in [6.45, 7) is 0.528. The fraction of sp³-hybridized carbons (Fsp3) is 0.161. The zero-order chi connectivity index (χ0) is 27.8. The number of benzene rings is 4. The number of methoxy groups -OCH3 is 3. The molecule has 4 aromatic rings. The van der Waals surface area contributed by atoms with E-state index in [9.17, 15) is 10.1 Å². The summed E-state index contributed by atoms with van der Waals surface area (Å²) in [5.74, 6) is 1.71. The molecule has 0 radical (unpaired) electrons. The first-order valence-electron chi connectivity index (χ1n) is 12.0. The van der Waals surface area contributed by atoms with Crippen LogP contribution in [0.3, 0.4) is 0 Å². The van der Waals surface area contributed by atoms with E-state index in [1.807, 2.05) is 24.3 Å². The Morgan fingerprint density at radius 2 is 1.67 bits per heavy atom. The van der Waals surface area contributed by atoms with Crippen molar-refractivity contribution in [3.63, 3.8) is 0 Å². The number of ether oxygens (including phenoxy) is 4. The molecule has 8 heteroatoms.